The fraction of sp³-hybridized carbons (Fsp3) is 0. The van der Waals surface area contributed by atoms with Gasteiger partial charge in [-0.05, 0) is 30.3 Å². The average Bonchev–Trinajstić information content (AvgIpc) is 2.39. The van der Waals surface area contributed by atoms with Gasteiger partial charge in [0, 0.05) is 16.8 Å². The summed E-state index contributed by atoms with van der Waals surface area (Å²) >= 11 is 0. The Kier molecular flexibility index (Phi) is 3.10. The Morgan fingerprint density at radius 1 is 0.889 bits per heavy atom. The van der Waals surface area contributed by atoms with E-state index in [9.17, 15) is 9.59 Å². The predicted molar refractivity (Wildman–Crippen MR) is 67.7 cm³/mol. The summed E-state index contributed by atoms with van der Waals surface area (Å²) in [5, 5.41) is 9.03. The number of carboxylic acids is 1. The third kappa shape index (κ3) is 2.22. The number of benzene rings is 2. The first kappa shape index (κ1) is 11.9. The van der Waals surface area contributed by atoms with E-state index in [1.54, 1.807) is 36.4 Å². The van der Waals surface area contributed by atoms with Crippen molar-refractivity contribution in [1.82, 2.24) is 0 Å². The molecule has 0 aliphatic rings. The van der Waals surface area contributed by atoms with E-state index in [4.69, 9.17) is 10.8 Å². The van der Waals surface area contributed by atoms with Crippen LogP contribution in [-0.2, 0) is 0 Å². The van der Waals surface area contributed by atoms with E-state index in [0.29, 0.717) is 11.3 Å². The highest BCUT2D eigenvalue weighted by atomic mass is 16.4. The normalized spacial score (nSPS) is 10.0. The summed E-state index contributed by atoms with van der Waals surface area (Å²) in [4.78, 5) is 23.2. The number of rotatable bonds is 3. The van der Waals surface area contributed by atoms with Crippen molar-refractivity contribution < 1.29 is 14.7 Å². The van der Waals surface area contributed by atoms with Gasteiger partial charge in [-0.3, -0.25) is 4.79 Å². The molecule has 4 nitrogen and oxygen atoms in total. The summed E-state index contributed by atoms with van der Waals surface area (Å²) < 4.78 is 0. The van der Waals surface area contributed by atoms with Gasteiger partial charge in [0.05, 0.1) is 5.56 Å². The number of carboxylic acid groups (broad SMARTS) is 1. The van der Waals surface area contributed by atoms with Gasteiger partial charge in [-0.25, -0.2) is 4.79 Å². The molecular weight excluding hydrogens is 230 g/mol. The number of carbonyl (C=O) groups excluding carboxylic acids is 1. The molecule has 0 heterocycles. The van der Waals surface area contributed by atoms with Crippen LogP contribution in [-0.4, -0.2) is 16.9 Å². The number of nitrogens with two attached hydrogens (primary N) is 1. The SMILES string of the molecule is Nc1ccc(C(=O)c2ccccc2C(=O)O)cc1. The van der Waals surface area contributed by atoms with Crippen LogP contribution >= 0.6 is 0 Å². The van der Waals surface area contributed by atoms with Crippen LogP contribution in [0.25, 0.3) is 0 Å². The Hall–Kier alpha value is -2.62. The number of carbonyl (C=O) groups is 2. The van der Waals surface area contributed by atoms with Gasteiger partial charge in [0.2, 0.25) is 0 Å². The maximum atomic E-state index is 12.2. The molecule has 0 atom stereocenters. The van der Waals surface area contributed by atoms with Crippen LogP contribution in [0.2, 0.25) is 0 Å². The third-order valence-corrected chi connectivity index (χ3v) is 2.57. The number of ketones is 1. The molecule has 0 fully saturated rings. The standard InChI is InChI=1S/C14H11NO3/c15-10-7-5-9(6-8-10)13(16)11-3-1-2-4-12(11)14(17)18/h1-8H,15H2,(H,17,18). The van der Waals surface area contributed by atoms with Crippen molar-refractivity contribution >= 4 is 17.4 Å². The molecule has 0 aliphatic carbocycles. The van der Waals surface area contributed by atoms with E-state index < -0.39 is 5.97 Å². The number of hydrogen-bond acceptors (Lipinski definition) is 3. The van der Waals surface area contributed by atoms with Gasteiger partial charge in [0.1, 0.15) is 0 Å². The summed E-state index contributed by atoms with van der Waals surface area (Å²) in [5.74, 6) is -1.44. The monoisotopic (exact) mass is 241 g/mol. The van der Waals surface area contributed by atoms with Crippen molar-refractivity contribution in [3.63, 3.8) is 0 Å². The number of anilines is 1. The van der Waals surface area contributed by atoms with Crippen LogP contribution in [0.5, 0.6) is 0 Å². The van der Waals surface area contributed by atoms with E-state index in [0.717, 1.165) is 0 Å². The van der Waals surface area contributed by atoms with E-state index in [-0.39, 0.29) is 16.9 Å². The second-order valence-electron chi connectivity index (χ2n) is 3.80. The number of nitrogen functional groups attached to an aromatic ring is 1. The van der Waals surface area contributed by atoms with Crippen molar-refractivity contribution in [2.24, 2.45) is 0 Å². The molecule has 2 aromatic rings. The Bertz CT molecular complexity index is 603. The van der Waals surface area contributed by atoms with E-state index >= 15 is 0 Å². The lowest BCUT2D eigenvalue weighted by Gasteiger charge is -2.05. The molecule has 3 N–H and O–H groups in total. The fourth-order valence-corrected chi connectivity index (χ4v) is 1.66. The maximum absolute atomic E-state index is 12.2. The molecule has 4 heteroatoms. The van der Waals surface area contributed by atoms with Gasteiger partial charge in [-0.2, -0.15) is 0 Å². The second kappa shape index (κ2) is 4.71. The van der Waals surface area contributed by atoms with Crippen LogP contribution < -0.4 is 5.73 Å². The summed E-state index contributed by atoms with van der Waals surface area (Å²) in [6.45, 7) is 0. The Balaban J connectivity index is 2.46. The van der Waals surface area contributed by atoms with Crippen LogP contribution in [0, 0.1) is 0 Å². The molecule has 0 aromatic heterocycles. The van der Waals surface area contributed by atoms with Crippen LogP contribution in [0.4, 0.5) is 5.69 Å². The summed E-state index contributed by atoms with van der Waals surface area (Å²) in [5.41, 5.74) is 6.68. The van der Waals surface area contributed by atoms with E-state index in [1.807, 2.05) is 0 Å². The van der Waals surface area contributed by atoms with Crippen molar-refractivity contribution in [2.45, 2.75) is 0 Å². The first-order valence-electron chi connectivity index (χ1n) is 5.32. The van der Waals surface area contributed by atoms with E-state index in [2.05, 4.69) is 0 Å². The lowest BCUT2D eigenvalue weighted by Crippen LogP contribution is -2.09. The molecule has 0 radical (unpaired) electrons. The lowest BCUT2D eigenvalue weighted by atomic mass is 9.98. The lowest BCUT2D eigenvalue weighted by molar-refractivity contribution is 0.0693. The zero-order chi connectivity index (χ0) is 13.1. The van der Waals surface area contributed by atoms with Crippen molar-refractivity contribution in [3.8, 4) is 0 Å². The minimum Gasteiger partial charge on any atom is -0.478 e. The molecule has 0 amide bonds. The van der Waals surface area contributed by atoms with Gasteiger partial charge in [0.15, 0.2) is 5.78 Å². The van der Waals surface area contributed by atoms with Gasteiger partial charge in [-0.1, -0.05) is 18.2 Å². The van der Waals surface area contributed by atoms with Gasteiger partial charge >= 0.3 is 5.97 Å². The van der Waals surface area contributed by atoms with Crippen molar-refractivity contribution in [2.75, 3.05) is 5.73 Å². The average molecular weight is 241 g/mol. The minimum atomic E-state index is -1.12. The Morgan fingerprint density at radius 2 is 1.44 bits per heavy atom. The largest absolute Gasteiger partial charge is 0.478 e. The predicted octanol–water partition coefficient (Wildman–Crippen LogP) is 2.20. The van der Waals surface area contributed by atoms with Gasteiger partial charge in [0.25, 0.3) is 0 Å². The molecular formula is C14H11NO3. The highest BCUT2D eigenvalue weighted by molar-refractivity contribution is 6.14. The quantitative estimate of drug-likeness (QED) is 0.637. The fourth-order valence-electron chi connectivity index (χ4n) is 1.66. The molecule has 0 bridgehead atoms. The van der Waals surface area contributed by atoms with Crippen molar-refractivity contribution in [3.05, 3.63) is 65.2 Å². The molecule has 0 aliphatic heterocycles. The molecule has 0 spiro atoms. The van der Waals surface area contributed by atoms with Gasteiger partial charge in [-0.15, -0.1) is 0 Å². The highest BCUT2D eigenvalue weighted by Gasteiger charge is 2.16. The molecule has 0 saturated carbocycles. The molecule has 0 unspecified atom stereocenters. The number of hydrogen-bond donors (Lipinski definition) is 2. The van der Waals surface area contributed by atoms with E-state index in [1.165, 1.54) is 12.1 Å². The Labute approximate surface area is 104 Å². The minimum absolute atomic E-state index is 0.000625. The Morgan fingerprint density at radius 3 is 2.00 bits per heavy atom. The van der Waals surface area contributed by atoms with Crippen molar-refractivity contribution in [1.29, 1.82) is 0 Å². The first-order valence-corrected chi connectivity index (χ1v) is 5.32. The summed E-state index contributed by atoms with van der Waals surface area (Å²) in [6.07, 6.45) is 0. The first-order chi connectivity index (χ1) is 8.59. The highest BCUT2D eigenvalue weighted by Crippen LogP contribution is 2.15. The molecule has 90 valence electrons. The second-order valence-corrected chi connectivity index (χ2v) is 3.80. The van der Waals surface area contributed by atoms with Gasteiger partial charge < -0.3 is 10.8 Å². The zero-order valence-electron chi connectivity index (χ0n) is 9.46. The zero-order valence-corrected chi connectivity index (χ0v) is 9.46. The maximum Gasteiger partial charge on any atom is 0.336 e. The number of aromatic carboxylic acids is 1. The molecule has 0 saturated heterocycles. The molecule has 2 rings (SSSR count). The topological polar surface area (TPSA) is 80.4 Å². The summed E-state index contributed by atoms with van der Waals surface area (Å²) in [6, 6.07) is 12.5. The van der Waals surface area contributed by atoms with Crippen LogP contribution in [0.15, 0.2) is 48.5 Å². The smallest absolute Gasteiger partial charge is 0.336 e. The third-order valence-electron chi connectivity index (χ3n) is 2.57. The molecule has 18 heavy (non-hydrogen) atoms. The summed E-state index contributed by atoms with van der Waals surface area (Å²) in [7, 11) is 0. The molecule has 2 aromatic carbocycles. The van der Waals surface area contributed by atoms with Crippen LogP contribution in [0.3, 0.4) is 0 Å². The van der Waals surface area contributed by atoms with Crippen LogP contribution in [0.1, 0.15) is 26.3 Å².